The minimum atomic E-state index is -0.359. The van der Waals surface area contributed by atoms with E-state index >= 15 is 0 Å². The second-order valence-electron chi connectivity index (χ2n) is 2.45. The summed E-state index contributed by atoms with van der Waals surface area (Å²) in [6, 6.07) is 0. The summed E-state index contributed by atoms with van der Waals surface area (Å²) < 4.78 is 0. The zero-order valence-electron chi connectivity index (χ0n) is 7.31. The summed E-state index contributed by atoms with van der Waals surface area (Å²) in [6.45, 7) is 0. The van der Waals surface area contributed by atoms with Gasteiger partial charge in [-0.1, -0.05) is 0 Å². The van der Waals surface area contributed by atoms with Crippen molar-refractivity contribution in [2.75, 3.05) is 12.6 Å². The maximum Gasteiger partial charge on any atom is 0.280 e. The molecule has 72 valence electrons. The van der Waals surface area contributed by atoms with E-state index in [0.717, 1.165) is 0 Å². The van der Waals surface area contributed by atoms with E-state index in [-0.39, 0.29) is 22.7 Å². The average Bonchev–Trinajstić information content (AvgIpc) is 2.18. The number of hydrogen-bond donors (Lipinski definition) is 2. The van der Waals surface area contributed by atoms with Gasteiger partial charge in [0.1, 0.15) is 0 Å². The monoisotopic (exact) mass is 193 g/mol. The lowest BCUT2D eigenvalue weighted by atomic mass is 10.5. The van der Waals surface area contributed by atoms with Gasteiger partial charge in [-0.25, -0.2) is 15.4 Å². The number of nitrogens with zero attached hydrogens (tertiary/aromatic N) is 3. The van der Waals surface area contributed by atoms with Gasteiger partial charge < -0.3 is 0 Å². The van der Waals surface area contributed by atoms with Gasteiger partial charge in [0.15, 0.2) is 11.2 Å². The average molecular weight is 193 g/mol. The number of H-pyrrole nitrogens is 1. The van der Waals surface area contributed by atoms with Crippen LogP contribution in [0.2, 0.25) is 0 Å². The lowest BCUT2D eigenvalue weighted by molar-refractivity contribution is 0.267. The molecule has 2 aromatic rings. The molecule has 7 heteroatoms. The maximum atomic E-state index is 11.4. The number of fused-ring (bicyclic) bond motifs is 1. The molecule has 0 saturated carbocycles. The van der Waals surface area contributed by atoms with Crippen LogP contribution in [0.4, 0.5) is 5.95 Å². The highest BCUT2D eigenvalue weighted by Crippen LogP contribution is 2.01. The number of aromatic nitrogens is 4. The first-order valence-electron chi connectivity index (χ1n) is 3.81. The van der Waals surface area contributed by atoms with Crippen molar-refractivity contribution < 1.29 is 4.84 Å². The first kappa shape index (κ1) is 8.57. The van der Waals surface area contributed by atoms with Crippen molar-refractivity contribution in [1.29, 1.82) is 0 Å². The molecule has 0 radical (unpaired) electrons. The summed E-state index contributed by atoms with van der Waals surface area (Å²) in [7, 11) is 1.42. The highest BCUT2D eigenvalue weighted by Gasteiger charge is 2.03. The first-order chi connectivity index (χ1) is 6.81. The molecular formula is C7H7N5O2. The Morgan fingerprint density at radius 2 is 2.21 bits per heavy atom. The van der Waals surface area contributed by atoms with Crippen molar-refractivity contribution in [3.05, 3.63) is 22.7 Å². The zero-order chi connectivity index (χ0) is 9.97. The van der Waals surface area contributed by atoms with Gasteiger partial charge in [0.05, 0.1) is 7.11 Å². The van der Waals surface area contributed by atoms with Crippen LogP contribution in [0.1, 0.15) is 0 Å². The van der Waals surface area contributed by atoms with Crippen molar-refractivity contribution in [2.24, 2.45) is 0 Å². The lowest BCUT2D eigenvalue weighted by Crippen LogP contribution is -2.14. The fraction of sp³-hybridized carbons (Fsp3) is 0.143. The fourth-order valence-electron chi connectivity index (χ4n) is 1.02. The van der Waals surface area contributed by atoms with E-state index in [1.165, 1.54) is 19.5 Å². The van der Waals surface area contributed by atoms with Crippen LogP contribution in [0.3, 0.4) is 0 Å². The smallest absolute Gasteiger partial charge is 0.280 e. The number of hydrogen-bond acceptors (Lipinski definition) is 6. The van der Waals surface area contributed by atoms with E-state index in [2.05, 4.69) is 30.3 Å². The molecule has 0 aromatic carbocycles. The summed E-state index contributed by atoms with van der Waals surface area (Å²) in [4.78, 5) is 30.1. The topological polar surface area (TPSA) is 92.8 Å². The predicted octanol–water partition coefficient (Wildman–Crippen LogP) is -0.314. The summed E-state index contributed by atoms with van der Waals surface area (Å²) in [5.74, 6) is 0.200. The third-order valence-corrected chi connectivity index (χ3v) is 1.54. The van der Waals surface area contributed by atoms with Gasteiger partial charge in [-0.2, -0.15) is 4.98 Å². The lowest BCUT2D eigenvalue weighted by Gasteiger charge is -2.01. The Bertz CT molecular complexity index is 509. The van der Waals surface area contributed by atoms with Crippen molar-refractivity contribution in [1.82, 2.24) is 19.9 Å². The van der Waals surface area contributed by atoms with E-state index in [1.807, 2.05) is 0 Å². The molecule has 0 aliphatic rings. The molecule has 0 spiro atoms. The van der Waals surface area contributed by atoms with Gasteiger partial charge in [-0.3, -0.25) is 14.6 Å². The fourth-order valence-corrected chi connectivity index (χ4v) is 1.02. The molecule has 2 rings (SSSR count). The molecule has 0 atom stereocenters. The molecule has 7 nitrogen and oxygen atoms in total. The predicted molar refractivity (Wildman–Crippen MR) is 48.6 cm³/mol. The SMILES string of the molecule is CONc1nc2nccnc2c(=O)[nH]1. The van der Waals surface area contributed by atoms with Gasteiger partial charge >= 0.3 is 0 Å². The Labute approximate surface area is 78.1 Å². The number of rotatable bonds is 2. The quantitative estimate of drug-likeness (QED) is 0.635. The van der Waals surface area contributed by atoms with Gasteiger partial charge in [-0.15, -0.1) is 0 Å². The Morgan fingerprint density at radius 1 is 1.43 bits per heavy atom. The minimum Gasteiger partial charge on any atom is -0.289 e. The molecule has 2 N–H and O–H groups in total. The Morgan fingerprint density at radius 3 is 3.00 bits per heavy atom. The van der Waals surface area contributed by atoms with E-state index < -0.39 is 0 Å². The van der Waals surface area contributed by atoms with Gasteiger partial charge in [-0.05, 0) is 0 Å². The summed E-state index contributed by atoms with van der Waals surface area (Å²) >= 11 is 0. The van der Waals surface area contributed by atoms with Gasteiger partial charge in [0.25, 0.3) is 5.56 Å². The van der Waals surface area contributed by atoms with Crippen LogP contribution >= 0.6 is 0 Å². The Kier molecular flexibility index (Phi) is 2.07. The zero-order valence-corrected chi connectivity index (χ0v) is 7.31. The standard InChI is InChI=1S/C7H7N5O2/c1-14-12-7-10-5-4(6(13)11-7)8-2-3-9-5/h2-3H,1H3,(H2,9,10,11,12,13). The molecule has 0 bridgehead atoms. The molecule has 14 heavy (non-hydrogen) atoms. The van der Waals surface area contributed by atoms with E-state index in [9.17, 15) is 4.79 Å². The molecule has 0 aliphatic carbocycles. The third kappa shape index (κ3) is 1.40. The Balaban J connectivity index is 2.66. The largest absolute Gasteiger partial charge is 0.289 e. The van der Waals surface area contributed by atoms with Gasteiger partial charge in [0.2, 0.25) is 5.95 Å². The molecule has 0 aliphatic heterocycles. The van der Waals surface area contributed by atoms with Crippen molar-refractivity contribution >= 4 is 17.1 Å². The normalized spacial score (nSPS) is 10.4. The van der Waals surface area contributed by atoms with Crippen LogP contribution in [-0.2, 0) is 4.84 Å². The molecule has 2 heterocycles. The number of nitrogens with one attached hydrogen (secondary N) is 2. The maximum absolute atomic E-state index is 11.4. The van der Waals surface area contributed by atoms with Crippen LogP contribution in [-0.4, -0.2) is 27.0 Å². The second kappa shape index (κ2) is 3.38. The van der Waals surface area contributed by atoms with Crippen molar-refractivity contribution in [2.45, 2.75) is 0 Å². The summed E-state index contributed by atoms with van der Waals surface area (Å²) in [6.07, 6.45) is 2.90. The Hall–Kier alpha value is -2.02. The van der Waals surface area contributed by atoms with Crippen LogP contribution in [0, 0.1) is 0 Å². The summed E-state index contributed by atoms with van der Waals surface area (Å²) in [5.41, 5.74) is 2.52. The molecule has 0 unspecified atom stereocenters. The van der Waals surface area contributed by atoms with E-state index in [1.54, 1.807) is 0 Å². The number of anilines is 1. The van der Waals surface area contributed by atoms with Crippen molar-refractivity contribution in [3.8, 4) is 0 Å². The van der Waals surface area contributed by atoms with Crippen molar-refractivity contribution in [3.63, 3.8) is 0 Å². The molecular weight excluding hydrogens is 186 g/mol. The van der Waals surface area contributed by atoms with E-state index in [0.29, 0.717) is 0 Å². The molecule has 2 aromatic heterocycles. The minimum absolute atomic E-state index is 0.200. The van der Waals surface area contributed by atoms with Crippen LogP contribution in [0.25, 0.3) is 11.2 Å². The van der Waals surface area contributed by atoms with E-state index in [4.69, 9.17) is 0 Å². The van der Waals surface area contributed by atoms with Crippen LogP contribution in [0.15, 0.2) is 17.2 Å². The van der Waals surface area contributed by atoms with Gasteiger partial charge in [0, 0.05) is 12.4 Å². The van der Waals surface area contributed by atoms with Crippen LogP contribution in [0.5, 0.6) is 0 Å². The molecule has 0 fully saturated rings. The van der Waals surface area contributed by atoms with Crippen LogP contribution < -0.4 is 11.0 Å². The molecule has 0 amide bonds. The third-order valence-electron chi connectivity index (χ3n) is 1.54. The summed E-state index contributed by atoms with van der Waals surface area (Å²) in [5, 5.41) is 0. The molecule has 0 saturated heterocycles. The highest BCUT2D eigenvalue weighted by molar-refractivity contribution is 5.68. The first-order valence-corrected chi connectivity index (χ1v) is 3.81. The number of aromatic amines is 1. The highest BCUT2D eigenvalue weighted by atomic mass is 16.6. The second-order valence-corrected chi connectivity index (χ2v) is 2.45.